The zero-order valence-electron chi connectivity index (χ0n) is 8.84. The molecule has 0 heterocycles. The molecule has 0 saturated heterocycles. The fraction of sp³-hybridized carbons (Fsp3) is 0.182. The molecule has 0 saturated carbocycles. The van der Waals surface area contributed by atoms with Crippen LogP contribution in [0.1, 0.15) is 5.56 Å². The van der Waals surface area contributed by atoms with E-state index in [0.29, 0.717) is 11.3 Å². The van der Waals surface area contributed by atoms with Gasteiger partial charge < -0.3 is 15.2 Å². The van der Waals surface area contributed by atoms with Crippen molar-refractivity contribution in [2.45, 2.75) is 0 Å². The van der Waals surface area contributed by atoms with Crippen LogP contribution in [-0.2, 0) is 9.59 Å². The predicted octanol–water partition coefficient (Wildman–Crippen LogP) is 0.138. The second-order valence-electron chi connectivity index (χ2n) is 3.10. The third-order valence-corrected chi connectivity index (χ3v) is 1.79. The second-order valence-corrected chi connectivity index (χ2v) is 3.10. The fourth-order valence-electron chi connectivity index (χ4n) is 1.000. The zero-order valence-corrected chi connectivity index (χ0v) is 8.84. The molecule has 1 aromatic rings. The predicted molar refractivity (Wildman–Crippen MR) is 57.3 cm³/mol. The number of nitriles is 1. The van der Waals surface area contributed by atoms with E-state index in [-0.39, 0.29) is 6.61 Å². The molecule has 1 amide bonds. The molecule has 0 fully saturated rings. The molecule has 17 heavy (non-hydrogen) atoms. The average Bonchev–Trinajstić information content (AvgIpc) is 2.34. The number of carbonyl (C=O) groups is 2. The van der Waals surface area contributed by atoms with Crippen LogP contribution in [0.2, 0.25) is 0 Å². The molecule has 0 aliphatic rings. The topological polar surface area (TPSA) is 99.4 Å². The largest absolute Gasteiger partial charge is 0.484 e. The lowest BCUT2D eigenvalue weighted by atomic mass is 10.2. The lowest BCUT2D eigenvalue weighted by Crippen LogP contribution is -2.33. The van der Waals surface area contributed by atoms with Gasteiger partial charge in [-0.1, -0.05) is 0 Å². The summed E-state index contributed by atoms with van der Waals surface area (Å²) in [6.07, 6.45) is 0. The van der Waals surface area contributed by atoms with Crippen molar-refractivity contribution in [3.05, 3.63) is 29.8 Å². The lowest BCUT2D eigenvalue weighted by Gasteiger charge is -2.05. The van der Waals surface area contributed by atoms with Gasteiger partial charge in [0, 0.05) is 0 Å². The number of rotatable bonds is 5. The van der Waals surface area contributed by atoms with Gasteiger partial charge in [0.05, 0.1) is 11.6 Å². The van der Waals surface area contributed by atoms with Gasteiger partial charge in [-0.05, 0) is 24.3 Å². The summed E-state index contributed by atoms with van der Waals surface area (Å²) in [6, 6.07) is 8.19. The standard InChI is InChI=1S/C11H10N2O4/c12-5-8-1-3-9(4-2-8)17-7-10(14)13-6-11(15)16/h1-4H,6-7H2,(H,13,14)(H,15,16). The van der Waals surface area contributed by atoms with Crippen molar-refractivity contribution < 1.29 is 19.4 Å². The van der Waals surface area contributed by atoms with Crippen molar-refractivity contribution in [1.82, 2.24) is 5.32 Å². The first-order valence-electron chi connectivity index (χ1n) is 4.73. The van der Waals surface area contributed by atoms with Crippen LogP contribution in [-0.4, -0.2) is 30.1 Å². The van der Waals surface area contributed by atoms with Crippen molar-refractivity contribution in [3.63, 3.8) is 0 Å². The van der Waals surface area contributed by atoms with E-state index in [1.165, 1.54) is 0 Å². The molecule has 88 valence electrons. The number of nitrogens with zero attached hydrogens (tertiary/aromatic N) is 1. The first-order valence-corrected chi connectivity index (χ1v) is 4.73. The fourth-order valence-corrected chi connectivity index (χ4v) is 1.000. The van der Waals surface area contributed by atoms with Crippen LogP contribution in [0.25, 0.3) is 0 Å². The molecule has 0 aliphatic carbocycles. The van der Waals surface area contributed by atoms with E-state index in [0.717, 1.165) is 0 Å². The molecule has 6 nitrogen and oxygen atoms in total. The van der Waals surface area contributed by atoms with Crippen molar-refractivity contribution >= 4 is 11.9 Å². The number of hydrogen-bond donors (Lipinski definition) is 2. The van der Waals surface area contributed by atoms with E-state index in [1.54, 1.807) is 24.3 Å². The number of nitrogens with one attached hydrogen (secondary N) is 1. The van der Waals surface area contributed by atoms with Gasteiger partial charge in [0.25, 0.3) is 5.91 Å². The quantitative estimate of drug-likeness (QED) is 0.754. The molecule has 2 N–H and O–H groups in total. The highest BCUT2D eigenvalue weighted by atomic mass is 16.5. The molecule has 6 heteroatoms. The number of carboxylic acid groups (broad SMARTS) is 1. The Hall–Kier alpha value is -2.55. The molecule has 0 unspecified atom stereocenters. The van der Waals surface area contributed by atoms with Gasteiger partial charge >= 0.3 is 5.97 Å². The van der Waals surface area contributed by atoms with Crippen molar-refractivity contribution in [3.8, 4) is 11.8 Å². The van der Waals surface area contributed by atoms with Gasteiger partial charge in [0.15, 0.2) is 6.61 Å². The molecular formula is C11H10N2O4. The molecule has 0 radical (unpaired) electrons. The van der Waals surface area contributed by atoms with Crippen molar-refractivity contribution in [2.24, 2.45) is 0 Å². The van der Waals surface area contributed by atoms with Gasteiger partial charge in [-0.25, -0.2) is 0 Å². The van der Waals surface area contributed by atoms with E-state index in [1.807, 2.05) is 6.07 Å². The second kappa shape index (κ2) is 6.12. The van der Waals surface area contributed by atoms with Crippen LogP contribution in [0, 0.1) is 11.3 Å². The summed E-state index contributed by atoms with van der Waals surface area (Å²) in [5.41, 5.74) is 0.493. The Kier molecular flexibility index (Phi) is 4.51. The number of aliphatic carboxylic acids is 1. The molecule has 1 rings (SSSR count). The molecule has 0 aromatic heterocycles. The number of amides is 1. The van der Waals surface area contributed by atoms with Crippen LogP contribution < -0.4 is 10.1 Å². The number of carboxylic acids is 1. The summed E-state index contributed by atoms with van der Waals surface area (Å²) < 4.78 is 5.09. The Balaban J connectivity index is 2.37. The molecule has 0 aliphatic heterocycles. The highest BCUT2D eigenvalue weighted by molar-refractivity contribution is 5.82. The first kappa shape index (κ1) is 12.5. The summed E-state index contributed by atoms with van der Waals surface area (Å²) >= 11 is 0. The van der Waals surface area contributed by atoms with Crippen molar-refractivity contribution in [1.29, 1.82) is 5.26 Å². The highest BCUT2D eigenvalue weighted by Crippen LogP contribution is 2.10. The summed E-state index contributed by atoms with van der Waals surface area (Å²) in [4.78, 5) is 21.3. The lowest BCUT2D eigenvalue weighted by molar-refractivity contribution is -0.138. The summed E-state index contributed by atoms with van der Waals surface area (Å²) in [5, 5.41) is 19.0. The third kappa shape index (κ3) is 4.66. The van der Waals surface area contributed by atoms with E-state index in [4.69, 9.17) is 15.1 Å². The number of hydrogen-bond acceptors (Lipinski definition) is 4. The highest BCUT2D eigenvalue weighted by Gasteiger charge is 2.04. The summed E-state index contributed by atoms with van der Waals surface area (Å²) in [6.45, 7) is -0.700. The smallest absolute Gasteiger partial charge is 0.322 e. The maximum Gasteiger partial charge on any atom is 0.322 e. The van der Waals surface area contributed by atoms with Crippen LogP contribution in [0.15, 0.2) is 24.3 Å². The molecule has 1 aromatic carbocycles. The molecule has 0 atom stereocenters. The van der Waals surface area contributed by atoms with E-state index >= 15 is 0 Å². The number of benzene rings is 1. The first-order chi connectivity index (χ1) is 8.11. The van der Waals surface area contributed by atoms with Crippen LogP contribution in [0.4, 0.5) is 0 Å². The Morgan fingerprint density at radius 3 is 2.53 bits per heavy atom. The zero-order chi connectivity index (χ0) is 12.7. The number of carbonyl (C=O) groups excluding carboxylic acids is 1. The molecular weight excluding hydrogens is 224 g/mol. The average molecular weight is 234 g/mol. The van der Waals surface area contributed by atoms with Gasteiger partial charge in [-0.3, -0.25) is 9.59 Å². The SMILES string of the molecule is N#Cc1ccc(OCC(=O)NCC(=O)O)cc1. The normalized spacial score (nSPS) is 9.12. The van der Waals surface area contributed by atoms with E-state index in [9.17, 15) is 9.59 Å². The van der Waals surface area contributed by atoms with Gasteiger partial charge in [-0.15, -0.1) is 0 Å². The Labute approximate surface area is 97.4 Å². The minimum Gasteiger partial charge on any atom is -0.484 e. The van der Waals surface area contributed by atoms with Gasteiger partial charge in [0.2, 0.25) is 0 Å². The monoisotopic (exact) mass is 234 g/mol. The van der Waals surface area contributed by atoms with Gasteiger partial charge in [-0.2, -0.15) is 5.26 Å². The maximum absolute atomic E-state index is 11.1. The number of ether oxygens (including phenoxy) is 1. The van der Waals surface area contributed by atoms with Crippen LogP contribution in [0.3, 0.4) is 0 Å². The molecule has 0 bridgehead atoms. The Morgan fingerprint density at radius 1 is 1.35 bits per heavy atom. The van der Waals surface area contributed by atoms with Crippen LogP contribution in [0.5, 0.6) is 5.75 Å². The minimum absolute atomic E-state index is 0.265. The van der Waals surface area contributed by atoms with Crippen LogP contribution >= 0.6 is 0 Å². The molecule has 0 spiro atoms. The summed E-state index contributed by atoms with van der Waals surface area (Å²) in [5.74, 6) is -1.19. The van der Waals surface area contributed by atoms with E-state index in [2.05, 4.69) is 5.32 Å². The maximum atomic E-state index is 11.1. The Morgan fingerprint density at radius 2 is 2.00 bits per heavy atom. The Bertz CT molecular complexity index is 448. The third-order valence-electron chi connectivity index (χ3n) is 1.79. The van der Waals surface area contributed by atoms with Gasteiger partial charge in [0.1, 0.15) is 12.3 Å². The summed E-state index contributed by atoms with van der Waals surface area (Å²) in [7, 11) is 0. The van der Waals surface area contributed by atoms with Crippen molar-refractivity contribution in [2.75, 3.05) is 13.2 Å². The minimum atomic E-state index is -1.11. The van der Waals surface area contributed by atoms with E-state index < -0.39 is 18.4 Å².